The monoisotopic (exact) mass is 178 g/mol. The first-order valence-corrected chi connectivity index (χ1v) is 3.35. The molecule has 0 saturated heterocycles. The molecule has 4 heavy (non-hydrogen) atoms. The second-order valence-electron chi connectivity index (χ2n) is 0.204. The molecule has 0 amide bonds. The van der Waals surface area contributed by atoms with Crippen LogP contribution in [-0.4, -0.2) is 19.5 Å². The van der Waals surface area contributed by atoms with Crippen molar-refractivity contribution < 1.29 is 9.31 Å². The third-order valence-corrected chi connectivity index (χ3v) is 0. The molecule has 0 aliphatic rings. The van der Waals surface area contributed by atoms with E-state index in [1.807, 2.05) is 0 Å². The fraction of sp³-hybridized carbons (Fsp3) is 0. The van der Waals surface area contributed by atoms with Gasteiger partial charge in [-0.2, -0.15) is 0 Å². The molecule has 0 aromatic rings. The van der Waals surface area contributed by atoms with E-state index in [0.717, 1.165) is 0 Å². The van der Waals surface area contributed by atoms with Crippen molar-refractivity contribution >= 4 is 19.5 Å². The van der Waals surface area contributed by atoms with E-state index in [1.165, 1.54) is 0 Å². The summed E-state index contributed by atoms with van der Waals surface area (Å²) < 4.78 is 25.8. The molecule has 0 bridgehead atoms. The quantitative estimate of drug-likeness (QED) is 0.456. The van der Waals surface area contributed by atoms with E-state index in [0.29, 0.717) is 0 Å². The van der Waals surface area contributed by atoms with Crippen molar-refractivity contribution in [2.24, 2.45) is 0 Å². The van der Waals surface area contributed by atoms with E-state index in [9.17, 15) is 0 Å². The second-order valence-corrected chi connectivity index (χ2v) is 1.37. The SMILES string of the molecule is O=[Te](=O)=O. The topological polar surface area (TPSA) is 51.2 Å². The molecule has 0 unspecified atom stereocenters. The van der Waals surface area contributed by atoms with E-state index in [1.54, 1.807) is 0 Å². The Labute approximate surface area is 29.4 Å². The molecule has 0 spiro atoms. The van der Waals surface area contributed by atoms with E-state index < -0.39 is 19.5 Å². The van der Waals surface area contributed by atoms with Crippen LogP contribution in [0.25, 0.3) is 0 Å². The van der Waals surface area contributed by atoms with Crippen molar-refractivity contribution in [3.63, 3.8) is 0 Å². The zero-order valence-electron chi connectivity index (χ0n) is 1.63. The summed E-state index contributed by atoms with van der Waals surface area (Å²) in [5.74, 6) is 0. The Hall–Kier alpha value is 0.190. The molecule has 0 aliphatic heterocycles. The summed E-state index contributed by atoms with van der Waals surface area (Å²) in [6.45, 7) is 0. The fourth-order valence-electron chi connectivity index (χ4n) is 0. The van der Waals surface area contributed by atoms with E-state index >= 15 is 0 Å². The summed E-state index contributed by atoms with van der Waals surface area (Å²) in [6, 6.07) is 0. The zero-order valence-corrected chi connectivity index (χ0v) is 3.96. The van der Waals surface area contributed by atoms with Gasteiger partial charge in [-0.3, -0.25) is 0 Å². The molecular formula is O3Te. The van der Waals surface area contributed by atoms with Gasteiger partial charge in [0.15, 0.2) is 0 Å². The van der Waals surface area contributed by atoms with Gasteiger partial charge in [0, 0.05) is 0 Å². The molecule has 0 rings (SSSR count). The van der Waals surface area contributed by atoms with Crippen molar-refractivity contribution in [3.8, 4) is 0 Å². The normalized spacial score (nSPS) is 6.00. The van der Waals surface area contributed by atoms with Gasteiger partial charge in [-0.25, -0.2) is 0 Å². The van der Waals surface area contributed by atoms with Crippen LogP contribution in [0.2, 0.25) is 0 Å². The molecule has 24 valence electrons. The first-order chi connectivity index (χ1) is 1.73. The van der Waals surface area contributed by atoms with Crippen LogP contribution in [0.5, 0.6) is 0 Å². The van der Waals surface area contributed by atoms with Gasteiger partial charge in [-0.15, -0.1) is 0 Å². The van der Waals surface area contributed by atoms with Crippen LogP contribution in [0.1, 0.15) is 0 Å². The minimum absolute atomic E-state index is 4.11. The van der Waals surface area contributed by atoms with E-state index in [4.69, 9.17) is 9.31 Å². The Morgan fingerprint density at radius 1 is 1.00 bits per heavy atom. The van der Waals surface area contributed by atoms with E-state index in [-0.39, 0.29) is 0 Å². The second kappa shape index (κ2) is 1.50. The van der Waals surface area contributed by atoms with Crippen LogP contribution in [0.4, 0.5) is 0 Å². The fourth-order valence-corrected chi connectivity index (χ4v) is 0. The molecule has 0 aromatic heterocycles. The number of hydrogen-bond acceptors (Lipinski definition) is 3. The van der Waals surface area contributed by atoms with Crippen LogP contribution in [0.3, 0.4) is 0 Å². The minimum atomic E-state index is -4.11. The molecule has 3 nitrogen and oxygen atoms in total. The Kier molecular flexibility index (Phi) is 1.57. The number of hydrogen-bond donors (Lipinski definition) is 0. The Balaban J connectivity index is 4.65. The van der Waals surface area contributed by atoms with Crippen LogP contribution in [-0.2, 0) is 9.31 Å². The standard InChI is InChI=1S/O3Te/c1-4(2)3. The van der Waals surface area contributed by atoms with Crippen molar-refractivity contribution in [2.75, 3.05) is 0 Å². The molecule has 0 aromatic carbocycles. The summed E-state index contributed by atoms with van der Waals surface area (Å²) >= 11 is -4.11. The maximum absolute atomic E-state index is 8.59. The van der Waals surface area contributed by atoms with Crippen LogP contribution >= 0.6 is 0 Å². The predicted molar refractivity (Wildman–Crippen MR) is 7.81 cm³/mol. The van der Waals surface area contributed by atoms with Crippen molar-refractivity contribution in [1.29, 1.82) is 0 Å². The molecule has 0 fully saturated rings. The van der Waals surface area contributed by atoms with Gasteiger partial charge in [0.2, 0.25) is 0 Å². The van der Waals surface area contributed by atoms with Gasteiger partial charge in [0.25, 0.3) is 0 Å². The third kappa shape index (κ3) is 86.2. The van der Waals surface area contributed by atoms with Gasteiger partial charge < -0.3 is 0 Å². The molecule has 0 aliphatic carbocycles. The van der Waals surface area contributed by atoms with Gasteiger partial charge in [-0.1, -0.05) is 0 Å². The predicted octanol–water partition coefficient (Wildman–Crippen LogP) is -0.737. The van der Waals surface area contributed by atoms with Crippen molar-refractivity contribution in [3.05, 3.63) is 0 Å². The zero-order chi connectivity index (χ0) is 3.58. The third-order valence-electron chi connectivity index (χ3n) is 0. The molecule has 0 N–H and O–H groups in total. The first-order valence-electron chi connectivity index (χ1n) is 0.500. The van der Waals surface area contributed by atoms with Crippen LogP contribution in [0, 0.1) is 0 Å². The van der Waals surface area contributed by atoms with E-state index in [2.05, 4.69) is 0 Å². The van der Waals surface area contributed by atoms with Crippen molar-refractivity contribution in [1.82, 2.24) is 0 Å². The van der Waals surface area contributed by atoms with Crippen molar-refractivity contribution in [2.45, 2.75) is 0 Å². The summed E-state index contributed by atoms with van der Waals surface area (Å²) in [7, 11) is 0. The summed E-state index contributed by atoms with van der Waals surface area (Å²) in [4.78, 5) is 0. The number of rotatable bonds is 0. The summed E-state index contributed by atoms with van der Waals surface area (Å²) in [5.41, 5.74) is 0. The summed E-state index contributed by atoms with van der Waals surface area (Å²) in [6.07, 6.45) is 0. The average Bonchev–Trinajstić information content (AvgIpc) is 0.811. The Bertz CT molecular complexity index is 72.7. The maximum atomic E-state index is 8.59. The first kappa shape index (κ1) is 4.19. The Morgan fingerprint density at radius 2 is 1.00 bits per heavy atom. The molecule has 0 heterocycles. The molecular weight excluding hydrogens is 176 g/mol. The molecule has 0 atom stereocenters. The van der Waals surface area contributed by atoms with Gasteiger partial charge in [0.1, 0.15) is 0 Å². The van der Waals surface area contributed by atoms with Crippen LogP contribution in [0.15, 0.2) is 0 Å². The summed E-state index contributed by atoms with van der Waals surface area (Å²) in [5, 5.41) is 0. The molecule has 4 heteroatoms. The van der Waals surface area contributed by atoms with Crippen LogP contribution < -0.4 is 0 Å². The van der Waals surface area contributed by atoms with Gasteiger partial charge in [-0.05, 0) is 0 Å². The molecule has 0 saturated carbocycles. The molecule has 0 radical (unpaired) electrons. The van der Waals surface area contributed by atoms with Gasteiger partial charge >= 0.3 is 28.8 Å². The Morgan fingerprint density at radius 3 is 1.00 bits per heavy atom. The average molecular weight is 176 g/mol. The van der Waals surface area contributed by atoms with Gasteiger partial charge in [0.05, 0.1) is 0 Å².